The fourth-order valence-corrected chi connectivity index (χ4v) is 4.61. The van der Waals surface area contributed by atoms with Crippen LogP contribution in [0, 0.1) is 5.82 Å². The van der Waals surface area contributed by atoms with Gasteiger partial charge in [-0.2, -0.15) is 0 Å². The van der Waals surface area contributed by atoms with E-state index in [2.05, 4.69) is 10.6 Å². The average molecular weight is 460 g/mol. The lowest BCUT2D eigenvalue weighted by Crippen LogP contribution is -2.50. The Morgan fingerprint density at radius 3 is 2.16 bits per heavy atom. The molecule has 31 heavy (non-hydrogen) atoms. The van der Waals surface area contributed by atoms with E-state index in [0.29, 0.717) is 22.5 Å². The summed E-state index contributed by atoms with van der Waals surface area (Å²) in [6.07, 6.45) is 0. The summed E-state index contributed by atoms with van der Waals surface area (Å²) in [6, 6.07) is 14.7. The summed E-state index contributed by atoms with van der Waals surface area (Å²) in [5, 5.41) is 16.3. The Labute approximate surface area is 186 Å². The number of nitrogens with one attached hydrogen (secondary N) is 2. The molecule has 0 saturated heterocycles. The fourth-order valence-electron chi connectivity index (χ4n) is 3.92. The zero-order chi connectivity index (χ0) is 22.3. The third-order valence-electron chi connectivity index (χ3n) is 5.21. The molecule has 2 unspecified atom stereocenters. The topological polar surface area (TPSA) is 104 Å². The number of aromatic carboxylic acids is 1. The monoisotopic (exact) mass is 459 g/mol. The molecule has 5 N–H and O–H groups in total. The summed E-state index contributed by atoms with van der Waals surface area (Å²) in [6.45, 7) is 0. The van der Waals surface area contributed by atoms with E-state index in [9.17, 15) is 19.1 Å². The molecule has 3 aromatic rings. The number of halogens is 3. The molecule has 6 nitrogen and oxygen atoms in total. The van der Waals surface area contributed by atoms with E-state index in [1.165, 1.54) is 36.4 Å². The fraction of sp³-hybridized carbons (Fsp3) is 0.0909. The molecular weight excluding hydrogens is 444 g/mol. The number of carboxylic acid groups (broad SMARTS) is 1. The van der Waals surface area contributed by atoms with E-state index in [-0.39, 0.29) is 15.6 Å². The Kier molecular flexibility index (Phi) is 5.24. The first-order valence-corrected chi connectivity index (χ1v) is 9.91. The number of hydrogen-bond acceptors (Lipinski definition) is 4. The van der Waals surface area contributed by atoms with Crippen molar-refractivity contribution in [3.05, 3.63) is 93.2 Å². The lowest BCUT2D eigenvalue weighted by Gasteiger charge is -2.38. The first-order valence-electron chi connectivity index (χ1n) is 9.16. The lowest BCUT2D eigenvalue weighted by molar-refractivity contribution is -0.120. The van der Waals surface area contributed by atoms with Crippen LogP contribution in [0.4, 0.5) is 15.8 Å². The highest BCUT2D eigenvalue weighted by Gasteiger charge is 2.51. The smallest absolute Gasteiger partial charge is 0.335 e. The number of anilines is 2. The largest absolute Gasteiger partial charge is 0.478 e. The Hall–Kier alpha value is -3.29. The highest BCUT2D eigenvalue weighted by atomic mass is 35.5. The molecule has 0 aromatic heterocycles. The molecule has 1 aliphatic heterocycles. The van der Waals surface area contributed by atoms with Crippen molar-refractivity contribution in [1.29, 1.82) is 0 Å². The molecule has 3 aromatic carbocycles. The minimum atomic E-state index is -1.46. The summed E-state index contributed by atoms with van der Waals surface area (Å²) in [5.41, 5.74) is 6.12. The van der Waals surface area contributed by atoms with E-state index < -0.39 is 29.3 Å². The van der Waals surface area contributed by atoms with Crippen molar-refractivity contribution in [3.8, 4) is 0 Å². The van der Waals surface area contributed by atoms with Crippen molar-refractivity contribution in [3.63, 3.8) is 0 Å². The van der Waals surface area contributed by atoms with Crippen LogP contribution in [-0.4, -0.2) is 17.0 Å². The summed E-state index contributed by atoms with van der Waals surface area (Å²) >= 11 is 13.0. The van der Waals surface area contributed by atoms with Crippen LogP contribution < -0.4 is 16.4 Å². The molecule has 2 atom stereocenters. The maximum absolute atomic E-state index is 13.6. The number of rotatable bonds is 5. The van der Waals surface area contributed by atoms with E-state index in [1.807, 2.05) is 0 Å². The van der Waals surface area contributed by atoms with Gasteiger partial charge in [0.25, 0.3) is 0 Å². The van der Waals surface area contributed by atoms with Crippen LogP contribution in [0.2, 0.25) is 10.0 Å². The van der Waals surface area contributed by atoms with Gasteiger partial charge in [0.1, 0.15) is 11.7 Å². The van der Waals surface area contributed by atoms with Crippen molar-refractivity contribution >= 4 is 46.5 Å². The van der Waals surface area contributed by atoms with Gasteiger partial charge < -0.3 is 21.5 Å². The molecule has 0 radical (unpaired) electrons. The highest BCUT2D eigenvalue weighted by Crippen LogP contribution is 2.51. The van der Waals surface area contributed by atoms with Crippen LogP contribution >= 0.6 is 23.2 Å². The second-order valence-corrected chi connectivity index (χ2v) is 7.92. The number of fused-ring (bicyclic) bond motifs is 1. The van der Waals surface area contributed by atoms with Gasteiger partial charge in [-0.05, 0) is 48.0 Å². The van der Waals surface area contributed by atoms with Crippen molar-refractivity contribution in [2.24, 2.45) is 5.73 Å². The molecular formula is C22H16Cl2FN3O3. The minimum Gasteiger partial charge on any atom is -0.478 e. The zero-order valence-electron chi connectivity index (χ0n) is 15.8. The number of carbonyl (C=O) groups is 2. The number of nitrogens with two attached hydrogens (primary N) is 1. The van der Waals surface area contributed by atoms with E-state index >= 15 is 0 Å². The van der Waals surface area contributed by atoms with Crippen LogP contribution in [0.1, 0.15) is 27.4 Å². The third kappa shape index (κ3) is 3.56. The molecule has 158 valence electrons. The van der Waals surface area contributed by atoms with Gasteiger partial charge >= 0.3 is 5.97 Å². The molecule has 0 aliphatic carbocycles. The molecule has 0 fully saturated rings. The van der Waals surface area contributed by atoms with E-state index in [0.717, 1.165) is 0 Å². The summed E-state index contributed by atoms with van der Waals surface area (Å²) in [4.78, 5) is 24.2. The quantitative estimate of drug-likeness (QED) is 0.438. The molecule has 1 heterocycles. The van der Waals surface area contributed by atoms with Gasteiger partial charge in [-0.3, -0.25) is 4.79 Å². The standard InChI is InChI=1S/C22H16Cl2FN3O3/c23-14-2-1-3-15(24)19(14)22(18(20(26)29)11-4-7-13(25)8-5-11)27-16-9-6-12(21(30)31)10-17(16)28-22/h1-10,18,27-28H,(H2,26,29)(H,30,31). The van der Waals surface area contributed by atoms with Gasteiger partial charge in [0.15, 0.2) is 5.66 Å². The van der Waals surface area contributed by atoms with Crippen LogP contribution in [0.3, 0.4) is 0 Å². The number of hydrogen-bond donors (Lipinski definition) is 4. The van der Waals surface area contributed by atoms with Gasteiger partial charge in [0.2, 0.25) is 5.91 Å². The van der Waals surface area contributed by atoms with Crippen molar-refractivity contribution in [1.82, 2.24) is 0 Å². The molecule has 9 heteroatoms. The molecule has 0 saturated carbocycles. The molecule has 4 rings (SSSR count). The summed E-state index contributed by atoms with van der Waals surface area (Å²) < 4.78 is 13.6. The number of primary amides is 1. The Morgan fingerprint density at radius 2 is 1.58 bits per heavy atom. The van der Waals surface area contributed by atoms with Gasteiger partial charge in [0.05, 0.1) is 16.9 Å². The van der Waals surface area contributed by atoms with Crippen molar-refractivity contribution in [2.45, 2.75) is 11.6 Å². The maximum Gasteiger partial charge on any atom is 0.335 e. The average Bonchev–Trinajstić information content (AvgIpc) is 3.07. The number of amides is 1. The van der Waals surface area contributed by atoms with Crippen molar-refractivity contribution < 1.29 is 19.1 Å². The van der Waals surface area contributed by atoms with Gasteiger partial charge in [-0.25, -0.2) is 9.18 Å². The Morgan fingerprint density at radius 1 is 0.968 bits per heavy atom. The predicted molar refractivity (Wildman–Crippen MR) is 117 cm³/mol. The third-order valence-corrected chi connectivity index (χ3v) is 5.84. The minimum absolute atomic E-state index is 0.0477. The maximum atomic E-state index is 13.6. The number of benzene rings is 3. The van der Waals surface area contributed by atoms with Gasteiger partial charge in [-0.15, -0.1) is 0 Å². The van der Waals surface area contributed by atoms with Crippen LogP contribution in [-0.2, 0) is 10.5 Å². The van der Waals surface area contributed by atoms with Gasteiger partial charge in [-0.1, -0.05) is 41.4 Å². The first-order chi connectivity index (χ1) is 14.7. The number of carbonyl (C=O) groups excluding carboxylic acids is 1. The molecule has 1 aliphatic rings. The highest BCUT2D eigenvalue weighted by molar-refractivity contribution is 6.36. The van der Waals surface area contributed by atoms with Crippen LogP contribution in [0.25, 0.3) is 0 Å². The zero-order valence-corrected chi connectivity index (χ0v) is 17.3. The molecule has 0 spiro atoms. The summed E-state index contributed by atoms with van der Waals surface area (Å²) in [7, 11) is 0. The van der Waals surface area contributed by atoms with Crippen LogP contribution in [0.15, 0.2) is 60.7 Å². The normalized spacial score (nSPS) is 17.9. The van der Waals surface area contributed by atoms with E-state index in [4.69, 9.17) is 28.9 Å². The second-order valence-electron chi connectivity index (χ2n) is 7.11. The van der Waals surface area contributed by atoms with Crippen LogP contribution in [0.5, 0.6) is 0 Å². The SMILES string of the molecule is NC(=O)C(c1ccc(F)cc1)C1(c2c(Cl)cccc2Cl)Nc2ccc(C(=O)O)cc2N1. The second kappa shape index (κ2) is 7.76. The Balaban J connectivity index is 1.97. The summed E-state index contributed by atoms with van der Waals surface area (Å²) in [5.74, 6) is -3.40. The number of carboxylic acids is 1. The predicted octanol–water partition coefficient (Wildman–Crippen LogP) is 4.79. The molecule has 0 bridgehead atoms. The van der Waals surface area contributed by atoms with Gasteiger partial charge in [0, 0.05) is 15.6 Å². The van der Waals surface area contributed by atoms with Crippen molar-refractivity contribution in [2.75, 3.05) is 10.6 Å². The first kappa shape index (κ1) is 21.0. The van der Waals surface area contributed by atoms with E-state index in [1.54, 1.807) is 24.3 Å². The lowest BCUT2D eigenvalue weighted by atomic mass is 9.80. The Bertz CT molecular complexity index is 1180. The molecule has 1 amide bonds.